The highest BCUT2D eigenvalue weighted by Gasteiger charge is 2.23. The Morgan fingerprint density at radius 3 is 2.58 bits per heavy atom. The minimum absolute atomic E-state index is 0.307. The highest BCUT2D eigenvalue weighted by Crippen LogP contribution is 2.19. The van der Waals surface area contributed by atoms with Crippen molar-refractivity contribution >= 4 is 23.5 Å². The number of aliphatic carboxylic acids is 1. The van der Waals surface area contributed by atoms with Gasteiger partial charge in [0.1, 0.15) is 11.6 Å². The fourth-order valence-corrected chi connectivity index (χ4v) is 1.42. The van der Waals surface area contributed by atoms with E-state index in [1.54, 1.807) is 0 Å². The van der Waals surface area contributed by atoms with Crippen LogP contribution < -0.4 is 5.32 Å². The molecule has 0 aliphatic carbocycles. The number of methoxy groups -OCH3 is 1. The van der Waals surface area contributed by atoms with Crippen molar-refractivity contribution in [1.82, 2.24) is 5.32 Å². The minimum Gasteiger partial charge on any atom is -0.480 e. The summed E-state index contributed by atoms with van der Waals surface area (Å²) in [5.41, 5.74) is -0.635. The van der Waals surface area contributed by atoms with Crippen molar-refractivity contribution in [2.75, 3.05) is 13.7 Å². The Labute approximate surface area is 112 Å². The number of carboxylic acids is 1. The first kappa shape index (κ1) is 15.3. The first-order valence-corrected chi connectivity index (χ1v) is 5.41. The molecule has 0 aliphatic rings. The molecular formula is C11H10ClF2NO4. The van der Waals surface area contributed by atoms with Crippen molar-refractivity contribution in [2.24, 2.45) is 0 Å². The zero-order valence-corrected chi connectivity index (χ0v) is 10.5. The van der Waals surface area contributed by atoms with E-state index in [-0.39, 0.29) is 6.61 Å². The third-order valence-corrected chi connectivity index (χ3v) is 2.48. The summed E-state index contributed by atoms with van der Waals surface area (Å²) in [6, 6.07) is -0.132. The number of hydrogen-bond donors (Lipinski definition) is 2. The van der Waals surface area contributed by atoms with Gasteiger partial charge in [-0.2, -0.15) is 0 Å². The molecule has 1 atom stereocenters. The van der Waals surface area contributed by atoms with E-state index in [0.29, 0.717) is 12.1 Å². The molecule has 2 N–H and O–H groups in total. The Balaban J connectivity index is 2.94. The van der Waals surface area contributed by atoms with E-state index in [1.807, 2.05) is 5.32 Å². The molecule has 0 radical (unpaired) electrons. The van der Waals surface area contributed by atoms with Crippen LogP contribution in [0.1, 0.15) is 10.4 Å². The third-order valence-electron chi connectivity index (χ3n) is 2.19. The second kappa shape index (κ2) is 6.44. The van der Waals surface area contributed by atoms with Crippen LogP contribution in [-0.2, 0) is 9.53 Å². The third kappa shape index (κ3) is 3.87. The highest BCUT2D eigenvalue weighted by molar-refractivity contribution is 6.30. The van der Waals surface area contributed by atoms with Gasteiger partial charge in [0.25, 0.3) is 5.91 Å². The molecule has 0 heterocycles. The number of carbonyl (C=O) groups excluding carboxylic acids is 1. The van der Waals surface area contributed by atoms with Crippen molar-refractivity contribution in [2.45, 2.75) is 6.04 Å². The van der Waals surface area contributed by atoms with Gasteiger partial charge >= 0.3 is 5.97 Å². The average Bonchev–Trinajstić information content (AvgIpc) is 2.32. The fraction of sp³-hybridized carbons (Fsp3) is 0.273. The fourth-order valence-electron chi connectivity index (χ4n) is 1.27. The van der Waals surface area contributed by atoms with Gasteiger partial charge in [0.2, 0.25) is 0 Å². The van der Waals surface area contributed by atoms with Gasteiger partial charge < -0.3 is 15.2 Å². The van der Waals surface area contributed by atoms with E-state index in [0.717, 1.165) is 0 Å². The zero-order valence-electron chi connectivity index (χ0n) is 9.75. The quantitative estimate of drug-likeness (QED) is 0.806. The van der Waals surface area contributed by atoms with Crippen LogP contribution in [0, 0.1) is 11.6 Å². The van der Waals surface area contributed by atoms with Crippen LogP contribution in [0.15, 0.2) is 12.1 Å². The Morgan fingerprint density at radius 2 is 2.05 bits per heavy atom. The molecule has 0 bridgehead atoms. The lowest BCUT2D eigenvalue weighted by Gasteiger charge is -2.13. The van der Waals surface area contributed by atoms with E-state index in [9.17, 15) is 18.4 Å². The Morgan fingerprint density at radius 1 is 1.42 bits per heavy atom. The summed E-state index contributed by atoms with van der Waals surface area (Å²) in [4.78, 5) is 22.4. The lowest BCUT2D eigenvalue weighted by Crippen LogP contribution is -2.44. The van der Waals surface area contributed by atoms with Crippen LogP contribution in [0.3, 0.4) is 0 Å². The Kier molecular flexibility index (Phi) is 5.20. The molecule has 1 rings (SSSR count). The molecular weight excluding hydrogens is 284 g/mol. The van der Waals surface area contributed by atoms with Crippen molar-refractivity contribution in [3.05, 3.63) is 34.4 Å². The lowest BCUT2D eigenvalue weighted by molar-refractivity contribution is -0.140. The summed E-state index contributed by atoms with van der Waals surface area (Å²) in [6.45, 7) is -0.307. The summed E-state index contributed by atoms with van der Waals surface area (Å²) in [5, 5.41) is 10.3. The van der Waals surface area contributed by atoms with E-state index in [2.05, 4.69) is 4.74 Å². The molecule has 0 saturated carbocycles. The van der Waals surface area contributed by atoms with Crippen LogP contribution in [0.2, 0.25) is 5.02 Å². The van der Waals surface area contributed by atoms with Crippen LogP contribution in [0.5, 0.6) is 0 Å². The van der Waals surface area contributed by atoms with Gasteiger partial charge in [-0.3, -0.25) is 4.79 Å². The highest BCUT2D eigenvalue weighted by atomic mass is 35.5. The van der Waals surface area contributed by atoms with Crippen LogP contribution in [0.25, 0.3) is 0 Å². The molecule has 0 aromatic heterocycles. The largest absolute Gasteiger partial charge is 0.480 e. The van der Waals surface area contributed by atoms with Gasteiger partial charge in [-0.25, -0.2) is 13.6 Å². The number of amides is 1. The van der Waals surface area contributed by atoms with E-state index in [1.165, 1.54) is 7.11 Å². The number of benzene rings is 1. The summed E-state index contributed by atoms with van der Waals surface area (Å²) in [5.74, 6) is -4.46. The summed E-state index contributed by atoms with van der Waals surface area (Å²) in [7, 11) is 1.24. The maximum atomic E-state index is 13.4. The van der Waals surface area contributed by atoms with Crippen LogP contribution >= 0.6 is 11.6 Å². The van der Waals surface area contributed by atoms with Gasteiger partial charge in [-0.1, -0.05) is 11.6 Å². The predicted molar refractivity (Wildman–Crippen MR) is 62.1 cm³/mol. The summed E-state index contributed by atoms with van der Waals surface area (Å²) >= 11 is 5.34. The molecule has 1 unspecified atom stereocenters. The summed E-state index contributed by atoms with van der Waals surface area (Å²) < 4.78 is 31.2. The monoisotopic (exact) mass is 293 g/mol. The van der Waals surface area contributed by atoms with Crippen molar-refractivity contribution in [1.29, 1.82) is 0 Å². The molecule has 1 amide bonds. The molecule has 1 aromatic carbocycles. The Bertz CT molecular complexity index is 510. The number of carbonyl (C=O) groups is 2. The smallest absolute Gasteiger partial charge is 0.328 e. The molecule has 5 nitrogen and oxygen atoms in total. The van der Waals surface area contributed by atoms with Gasteiger partial charge in [0, 0.05) is 7.11 Å². The topological polar surface area (TPSA) is 75.6 Å². The van der Waals surface area contributed by atoms with Gasteiger partial charge in [-0.15, -0.1) is 0 Å². The average molecular weight is 294 g/mol. The molecule has 0 saturated heterocycles. The second-order valence-electron chi connectivity index (χ2n) is 3.57. The number of hydrogen-bond acceptors (Lipinski definition) is 3. The first-order chi connectivity index (χ1) is 8.86. The van der Waals surface area contributed by atoms with Gasteiger partial charge in [-0.05, 0) is 12.1 Å². The molecule has 0 fully saturated rings. The lowest BCUT2D eigenvalue weighted by atomic mass is 10.1. The van der Waals surface area contributed by atoms with Crippen molar-refractivity contribution in [3.8, 4) is 0 Å². The SMILES string of the molecule is COCC(NC(=O)c1cc(F)c(Cl)cc1F)C(=O)O. The number of carboxylic acid groups (broad SMARTS) is 1. The standard InChI is InChI=1S/C11H10ClF2NO4/c1-19-4-9(11(17)18)15-10(16)5-2-8(14)6(12)3-7(5)13/h2-3,9H,4H2,1H3,(H,15,16)(H,17,18). The van der Waals surface area contributed by atoms with Crippen LogP contribution in [0.4, 0.5) is 8.78 Å². The number of ether oxygens (including phenoxy) is 1. The minimum atomic E-state index is -1.37. The molecule has 19 heavy (non-hydrogen) atoms. The number of halogens is 3. The second-order valence-corrected chi connectivity index (χ2v) is 3.97. The van der Waals surface area contributed by atoms with Gasteiger partial charge in [0.15, 0.2) is 6.04 Å². The number of rotatable bonds is 5. The zero-order chi connectivity index (χ0) is 14.6. The summed E-state index contributed by atoms with van der Waals surface area (Å²) in [6.07, 6.45) is 0. The van der Waals surface area contributed by atoms with E-state index >= 15 is 0 Å². The van der Waals surface area contributed by atoms with Crippen molar-refractivity contribution in [3.63, 3.8) is 0 Å². The number of nitrogens with one attached hydrogen (secondary N) is 1. The van der Waals surface area contributed by atoms with Crippen LogP contribution in [-0.4, -0.2) is 36.7 Å². The molecule has 104 valence electrons. The maximum Gasteiger partial charge on any atom is 0.328 e. The molecule has 0 spiro atoms. The maximum absolute atomic E-state index is 13.4. The first-order valence-electron chi connectivity index (χ1n) is 5.04. The Hall–Kier alpha value is -1.73. The predicted octanol–water partition coefficient (Wildman–Crippen LogP) is 1.45. The normalized spacial score (nSPS) is 12.0. The molecule has 1 aromatic rings. The molecule has 8 heteroatoms. The van der Waals surface area contributed by atoms with Crippen molar-refractivity contribution < 1.29 is 28.2 Å². The molecule has 0 aliphatic heterocycles. The van der Waals surface area contributed by atoms with Gasteiger partial charge in [0.05, 0.1) is 17.2 Å². The van der Waals surface area contributed by atoms with E-state index < -0.39 is 40.1 Å². The van der Waals surface area contributed by atoms with E-state index in [4.69, 9.17) is 16.7 Å².